The number of rotatable bonds is 13. The lowest BCUT2D eigenvalue weighted by Gasteiger charge is -2.34. The van der Waals surface area contributed by atoms with Crippen molar-refractivity contribution in [3.05, 3.63) is 130 Å². The van der Waals surface area contributed by atoms with Gasteiger partial charge in [0, 0.05) is 24.0 Å². The summed E-state index contributed by atoms with van der Waals surface area (Å²) in [5.74, 6) is -0.581. The minimum absolute atomic E-state index is 0.0717. The van der Waals surface area contributed by atoms with Gasteiger partial charge in [0.2, 0.25) is 11.8 Å². The first-order chi connectivity index (χ1) is 21.0. The summed E-state index contributed by atoms with van der Waals surface area (Å²) in [6.45, 7) is 5.99. The van der Waals surface area contributed by atoms with Crippen LogP contribution >= 0.6 is 15.9 Å². The molecule has 230 valence electrons. The second kappa shape index (κ2) is 15.2. The van der Waals surface area contributed by atoms with Crippen molar-refractivity contribution in [2.75, 3.05) is 17.4 Å². The summed E-state index contributed by atoms with van der Waals surface area (Å²) in [6.07, 6.45) is 0.264. The van der Waals surface area contributed by atoms with Crippen molar-refractivity contribution < 1.29 is 18.0 Å². The summed E-state index contributed by atoms with van der Waals surface area (Å²) >= 11 is 3.51. The van der Waals surface area contributed by atoms with E-state index in [0.717, 1.165) is 25.5 Å². The SMILES string of the molecule is Cc1ccc(N(CC(=O)N(Cc2cccc(Br)c2)[C@@H](Cc2ccccc2)C(=O)NCC(C)C)S(=O)(=O)c2ccccc2)cc1. The second-order valence-electron chi connectivity index (χ2n) is 11.2. The van der Waals surface area contributed by atoms with Crippen LogP contribution in [-0.4, -0.2) is 44.3 Å². The maximum Gasteiger partial charge on any atom is 0.264 e. The molecule has 0 aliphatic heterocycles. The van der Waals surface area contributed by atoms with Crippen LogP contribution < -0.4 is 9.62 Å². The Kier molecular flexibility index (Phi) is 11.4. The third kappa shape index (κ3) is 8.80. The van der Waals surface area contributed by atoms with Crippen molar-refractivity contribution in [2.24, 2.45) is 5.92 Å². The molecule has 0 fully saturated rings. The molecule has 0 spiro atoms. The number of halogens is 1. The Bertz CT molecular complexity index is 1650. The Labute approximate surface area is 269 Å². The van der Waals surface area contributed by atoms with Gasteiger partial charge in [-0.3, -0.25) is 13.9 Å². The summed E-state index contributed by atoms with van der Waals surface area (Å²) < 4.78 is 30.0. The van der Waals surface area contributed by atoms with E-state index in [1.54, 1.807) is 30.3 Å². The van der Waals surface area contributed by atoms with Gasteiger partial charge in [-0.1, -0.05) is 108 Å². The molecule has 9 heteroatoms. The number of anilines is 1. The van der Waals surface area contributed by atoms with E-state index in [1.165, 1.54) is 17.0 Å². The number of nitrogens with one attached hydrogen (secondary N) is 1. The second-order valence-corrected chi connectivity index (χ2v) is 13.9. The largest absolute Gasteiger partial charge is 0.354 e. The molecule has 2 amide bonds. The summed E-state index contributed by atoms with van der Waals surface area (Å²) in [5, 5.41) is 3.01. The fourth-order valence-corrected chi connectivity index (χ4v) is 6.65. The van der Waals surface area contributed by atoms with Crippen molar-refractivity contribution in [2.45, 2.75) is 44.7 Å². The minimum atomic E-state index is -4.12. The minimum Gasteiger partial charge on any atom is -0.354 e. The predicted octanol–water partition coefficient (Wildman–Crippen LogP) is 6.37. The van der Waals surface area contributed by atoms with Gasteiger partial charge in [-0.25, -0.2) is 8.42 Å². The first kappa shape index (κ1) is 33.0. The first-order valence-electron chi connectivity index (χ1n) is 14.5. The molecule has 0 saturated heterocycles. The number of hydrogen-bond acceptors (Lipinski definition) is 4. The number of benzene rings is 4. The van der Waals surface area contributed by atoms with Gasteiger partial charge in [-0.05, 0) is 60.4 Å². The molecule has 7 nitrogen and oxygen atoms in total. The maximum absolute atomic E-state index is 14.5. The Hall–Kier alpha value is -3.95. The highest BCUT2D eigenvalue weighted by atomic mass is 79.9. The molecule has 44 heavy (non-hydrogen) atoms. The number of carbonyl (C=O) groups is 2. The molecule has 1 atom stereocenters. The van der Waals surface area contributed by atoms with Gasteiger partial charge in [-0.2, -0.15) is 0 Å². The molecular weight excluding hydrogens is 638 g/mol. The Morgan fingerprint density at radius 1 is 0.818 bits per heavy atom. The quantitative estimate of drug-likeness (QED) is 0.179. The van der Waals surface area contributed by atoms with Gasteiger partial charge >= 0.3 is 0 Å². The molecule has 4 aromatic carbocycles. The number of nitrogens with zero attached hydrogens (tertiary/aromatic N) is 2. The highest BCUT2D eigenvalue weighted by molar-refractivity contribution is 9.10. The van der Waals surface area contributed by atoms with Crippen LogP contribution in [0.15, 0.2) is 119 Å². The molecule has 0 radical (unpaired) electrons. The Morgan fingerprint density at radius 2 is 1.43 bits per heavy atom. The summed E-state index contributed by atoms with van der Waals surface area (Å²) in [6, 6.07) is 31.2. The highest BCUT2D eigenvalue weighted by Crippen LogP contribution is 2.26. The van der Waals surface area contributed by atoms with Crippen LogP contribution in [0.1, 0.15) is 30.5 Å². The van der Waals surface area contributed by atoms with Crippen LogP contribution in [-0.2, 0) is 32.6 Å². The smallest absolute Gasteiger partial charge is 0.264 e. The third-order valence-corrected chi connectivity index (χ3v) is 9.41. The lowest BCUT2D eigenvalue weighted by molar-refractivity contribution is -0.140. The number of aryl methyl sites for hydroxylation is 1. The van der Waals surface area contributed by atoms with Crippen LogP contribution in [0, 0.1) is 12.8 Å². The van der Waals surface area contributed by atoms with E-state index >= 15 is 0 Å². The molecule has 4 rings (SSSR count). The average Bonchev–Trinajstić information content (AvgIpc) is 3.01. The van der Waals surface area contributed by atoms with E-state index in [1.807, 2.05) is 87.5 Å². The van der Waals surface area contributed by atoms with Gasteiger partial charge in [0.05, 0.1) is 10.6 Å². The van der Waals surface area contributed by atoms with Crippen LogP contribution in [0.2, 0.25) is 0 Å². The average molecular weight is 677 g/mol. The first-order valence-corrected chi connectivity index (χ1v) is 16.8. The number of hydrogen-bond donors (Lipinski definition) is 1. The van der Waals surface area contributed by atoms with Gasteiger partial charge in [-0.15, -0.1) is 0 Å². The molecule has 0 aromatic heterocycles. The van der Waals surface area contributed by atoms with Crippen molar-refractivity contribution in [3.8, 4) is 0 Å². The fourth-order valence-electron chi connectivity index (χ4n) is 4.77. The molecule has 0 heterocycles. The fraction of sp³-hybridized carbons (Fsp3) is 0.257. The Morgan fingerprint density at radius 3 is 2.05 bits per heavy atom. The lowest BCUT2D eigenvalue weighted by Crippen LogP contribution is -2.53. The van der Waals surface area contributed by atoms with Crippen LogP contribution in [0.25, 0.3) is 0 Å². The van der Waals surface area contributed by atoms with E-state index in [2.05, 4.69) is 21.2 Å². The van der Waals surface area contributed by atoms with E-state index < -0.39 is 28.5 Å². The van der Waals surface area contributed by atoms with Crippen LogP contribution in [0.4, 0.5) is 5.69 Å². The van der Waals surface area contributed by atoms with Crippen molar-refractivity contribution in [3.63, 3.8) is 0 Å². The van der Waals surface area contributed by atoms with Crippen molar-refractivity contribution in [1.82, 2.24) is 10.2 Å². The monoisotopic (exact) mass is 675 g/mol. The molecule has 0 bridgehead atoms. The Balaban J connectivity index is 1.79. The number of carbonyl (C=O) groups excluding carboxylic acids is 2. The van der Waals surface area contributed by atoms with E-state index in [4.69, 9.17) is 0 Å². The molecule has 1 N–H and O–H groups in total. The summed E-state index contributed by atoms with van der Waals surface area (Å²) in [4.78, 5) is 29.9. The van der Waals surface area contributed by atoms with Gasteiger partial charge in [0.25, 0.3) is 10.0 Å². The molecule has 0 saturated carbocycles. The zero-order valence-electron chi connectivity index (χ0n) is 25.2. The van der Waals surface area contributed by atoms with Crippen LogP contribution in [0.5, 0.6) is 0 Å². The molecule has 4 aromatic rings. The molecule has 0 aliphatic carbocycles. The summed E-state index contributed by atoms with van der Waals surface area (Å²) in [5.41, 5.74) is 3.00. The highest BCUT2D eigenvalue weighted by Gasteiger charge is 2.34. The maximum atomic E-state index is 14.5. The molecule has 0 unspecified atom stereocenters. The third-order valence-electron chi connectivity index (χ3n) is 7.13. The van der Waals surface area contributed by atoms with Crippen molar-refractivity contribution in [1.29, 1.82) is 0 Å². The van der Waals surface area contributed by atoms with Crippen LogP contribution in [0.3, 0.4) is 0 Å². The number of amides is 2. The standard InChI is InChI=1S/C35H38BrN3O4S/c1-26(2)23-37-35(41)33(22-28-11-6-4-7-12-28)38(24-29-13-10-14-30(36)21-29)34(40)25-39(31-19-17-27(3)18-20-31)44(42,43)32-15-8-5-9-16-32/h4-21,26,33H,22-25H2,1-3H3,(H,37,41)/t33-/m0/s1. The molecular formula is C35H38BrN3O4S. The predicted molar refractivity (Wildman–Crippen MR) is 179 cm³/mol. The zero-order chi connectivity index (χ0) is 31.7. The van der Waals surface area contributed by atoms with Gasteiger partial charge in [0.15, 0.2) is 0 Å². The lowest BCUT2D eigenvalue weighted by atomic mass is 10.0. The number of sulfonamides is 1. The van der Waals surface area contributed by atoms with Gasteiger partial charge < -0.3 is 10.2 Å². The zero-order valence-corrected chi connectivity index (χ0v) is 27.6. The normalized spacial score (nSPS) is 12.0. The van der Waals surface area contributed by atoms with Crippen molar-refractivity contribution >= 4 is 43.5 Å². The topological polar surface area (TPSA) is 86.8 Å². The van der Waals surface area contributed by atoms with E-state index in [0.29, 0.717) is 12.2 Å². The van der Waals surface area contributed by atoms with E-state index in [9.17, 15) is 18.0 Å². The summed E-state index contributed by atoms with van der Waals surface area (Å²) in [7, 11) is -4.12. The van der Waals surface area contributed by atoms with Gasteiger partial charge in [0.1, 0.15) is 12.6 Å². The van der Waals surface area contributed by atoms with E-state index in [-0.39, 0.29) is 29.7 Å². The molecule has 0 aliphatic rings.